The molecule has 3 aromatic rings. The third-order valence-electron chi connectivity index (χ3n) is 5.94. The Morgan fingerprint density at radius 2 is 1.71 bits per heavy atom. The van der Waals surface area contributed by atoms with Crippen molar-refractivity contribution in [1.82, 2.24) is 9.88 Å². The molecule has 9 heteroatoms. The number of carbonyl (C=O) groups excluding carboxylic acids is 2. The standard InChI is InChI=1S/C25H23F3N2O3S/c1-33-21-8-4-16(5-9-21)23(32)17-10-12-30(13-11-17)22(31)14-20-15-34-24(29-20)18-2-6-19(7-3-18)25(26,27)28/h2-9,15,17H,10-14H2,1H3. The van der Waals surface area contributed by atoms with Crippen molar-refractivity contribution >= 4 is 23.0 Å². The molecule has 1 aliphatic rings. The highest BCUT2D eigenvalue weighted by Crippen LogP contribution is 2.32. The summed E-state index contributed by atoms with van der Waals surface area (Å²) in [5, 5.41) is 2.32. The minimum absolute atomic E-state index is 0.0698. The summed E-state index contributed by atoms with van der Waals surface area (Å²) in [4.78, 5) is 31.7. The van der Waals surface area contributed by atoms with E-state index in [1.54, 1.807) is 41.7 Å². The van der Waals surface area contributed by atoms with E-state index >= 15 is 0 Å². The van der Waals surface area contributed by atoms with Crippen LogP contribution in [0.25, 0.3) is 10.6 Å². The van der Waals surface area contributed by atoms with Gasteiger partial charge < -0.3 is 9.64 Å². The van der Waals surface area contributed by atoms with Crippen LogP contribution in [0.3, 0.4) is 0 Å². The van der Waals surface area contributed by atoms with Crippen molar-refractivity contribution in [1.29, 1.82) is 0 Å². The number of rotatable bonds is 6. The number of methoxy groups -OCH3 is 1. The van der Waals surface area contributed by atoms with Gasteiger partial charge in [-0.3, -0.25) is 9.59 Å². The SMILES string of the molecule is COc1ccc(C(=O)C2CCN(C(=O)Cc3csc(-c4ccc(C(F)(F)F)cc4)n3)CC2)cc1. The predicted molar refractivity (Wildman–Crippen MR) is 123 cm³/mol. The molecular formula is C25H23F3N2O3S. The Kier molecular flexibility index (Phi) is 7.02. The highest BCUT2D eigenvalue weighted by Gasteiger charge is 2.30. The van der Waals surface area contributed by atoms with Crippen LogP contribution in [-0.4, -0.2) is 41.8 Å². The number of hydrogen-bond acceptors (Lipinski definition) is 5. The van der Waals surface area contributed by atoms with Crippen LogP contribution < -0.4 is 4.74 Å². The normalized spacial score (nSPS) is 14.8. The first-order valence-corrected chi connectivity index (χ1v) is 11.7. The van der Waals surface area contributed by atoms with Crippen molar-refractivity contribution in [3.63, 3.8) is 0 Å². The van der Waals surface area contributed by atoms with E-state index < -0.39 is 11.7 Å². The molecule has 2 heterocycles. The summed E-state index contributed by atoms with van der Waals surface area (Å²) in [5.74, 6) is 0.582. The molecule has 0 atom stereocenters. The number of ketones is 1. The number of alkyl halides is 3. The number of ether oxygens (including phenoxy) is 1. The number of Topliss-reactive ketones (excluding diaryl/α,β-unsaturated/α-hetero) is 1. The summed E-state index contributed by atoms with van der Waals surface area (Å²) in [6.45, 7) is 1.00. The zero-order valence-corrected chi connectivity index (χ0v) is 19.3. The lowest BCUT2D eigenvalue weighted by Crippen LogP contribution is -2.41. The monoisotopic (exact) mass is 488 g/mol. The molecule has 0 aliphatic carbocycles. The Morgan fingerprint density at radius 3 is 2.29 bits per heavy atom. The largest absolute Gasteiger partial charge is 0.497 e. The molecule has 0 spiro atoms. The summed E-state index contributed by atoms with van der Waals surface area (Å²) in [7, 11) is 1.57. The number of thiazole rings is 1. The second-order valence-corrected chi connectivity index (χ2v) is 9.00. The molecule has 0 radical (unpaired) electrons. The van der Waals surface area contributed by atoms with Gasteiger partial charge in [-0.1, -0.05) is 12.1 Å². The third-order valence-corrected chi connectivity index (χ3v) is 6.88. The van der Waals surface area contributed by atoms with Crippen LogP contribution in [0.1, 0.15) is 34.5 Å². The van der Waals surface area contributed by atoms with Crippen LogP contribution >= 0.6 is 11.3 Å². The molecule has 5 nitrogen and oxygen atoms in total. The van der Waals surface area contributed by atoms with E-state index in [9.17, 15) is 22.8 Å². The molecule has 0 bridgehead atoms. The number of likely N-dealkylation sites (tertiary alicyclic amines) is 1. The average Bonchev–Trinajstić information content (AvgIpc) is 3.31. The summed E-state index contributed by atoms with van der Waals surface area (Å²) in [5.41, 5.74) is 1.09. The molecule has 0 saturated carbocycles. The van der Waals surface area contributed by atoms with E-state index in [0.29, 0.717) is 53.5 Å². The zero-order chi connectivity index (χ0) is 24.3. The first kappa shape index (κ1) is 23.9. The van der Waals surface area contributed by atoms with Gasteiger partial charge in [-0.05, 0) is 49.2 Å². The van der Waals surface area contributed by atoms with Crippen LogP contribution in [0.15, 0.2) is 53.9 Å². The Labute approximate surface area is 199 Å². The maximum absolute atomic E-state index is 12.8. The number of nitrogens with zero attached hydrogens (tertiary/aromatic N) is 2. The number of amides is 1. The Balaban J connectivity index is 1.31. The number of halogens is 3. The van der Waals surface area contributed by atoms with Crippen LogP contribution in [0.2, 0.25) is 0 Å². The fraction of sp³-hybridized carbons (Fsp3) is 0.320. The number of aromatic nitrogens is 1. The van der Waals surface area contributed by atoms with Gasteiger partial charge in [0.15, 0.2) is 5.78 Å². The minimum atomic E-state index is -4.38. The van der Waals surface area contributed by atoms with Gasteiger partial charge in [-0.25, -0.2) is 4.98 Å². The molecule has 1 aromatic heterocycles. The molecule has 178 valence electrons. The molecule has 2 aromatic carbocycles. The fourth-order valence-corrected chi connectivity index (χ4v) is 4.80. The van der Waals surface area contributed by atoms with Gasteiger partial charge in [0.25, 0.3) is 0 Å². The van der Waals surface area contributed by atoms with Gasteiger partial charge in [0.05, 0.1) is 24.8 Å². The number of piperidine rings is 1. The summed E-state index contributed by atoms with van der Waals surface area (Å²) in [6.07, 6.45) is -3.06. The van der Waals surface area contributed by atoms with Crippen molar-refractivity contribution < 1.29 is 27.5 Å². The lowest BCUT2D eigenvalue weighted by molar-refractivity contribution is -0.137. The summed E-state index contributed by atoms with van der Waals surface area (Å²) < 4.78 is 43.4. The van der Waals surface area contributed by atoms with E-state index in [-0.39, 0.29) is 24.0 Å². The van der Waals surface area contributed by atoms with Gasteiger partial charge >= 0.3 is 6.18 Å². The van der Waals surface area contributed by atoms with E-state index in [0.717, 1.165) is 12.1 Å². The molecule has 1 aliphatic heterocycles. The third kappa shape index (κ3) is 5.47. The van der Waals surface area contributed by atoms with Crippen LogP contribution in [0, 0.1) is 5.92 Å². The van der Waals surface area contributed by atoms with Crippen molar-refractivity contribution in [2.45, 2.75) is 25.4 Å². The molecule has 1 fully saturated rings. The number of carbonyl (C=O) groups is 2. The smallest absolute Gasteiger partial charge is 0.416 e. The van der Waals surface area contributed by atoms with E-state index in [1.165, 1.54) is 23.5 Å². The van der Waals surface area contributed by atoms with Crippen LogP contribution in [0.4, 0.5) is 13.2 Å². The van der Waals surface area contributed by atoms with Crippen molar-refractivity contribution in [2.24, 2.45) is 5.92 Å². The molecule has 4 rings (SSSR count). The van der Waals surface area contributed by atoms with E-state index in [1.807, 2.05) is 0 Å². The second-order valence-electron chi connectivity index (χ2n) is 8.14. The Morgan fingerprint density at radius 1 is 1.06 bits per heavy atom. The second kappa shape index (κ2) is 9.97. The molecular weight excluding hydrogens is 465 g/mol. The number of hydrogen-bond donors (Lipinski definition) is 0. The predicted octanol–water partition coefficient (Wildman–Crippen LogP) is 5.50. The lowest BCUT2D eigenvalue weighted by atomic mass is 9.88. The van der Waals surface area contributed by atoms with Gasteiger partial charge in [0.1, 0.15) is 10.8 Å². The minimum Gasteiger partial charge on any atom is -0.497 e. The van der Waals surface area contributed by atoms with Crippen LogP contribution in [-0.2, 0) is 17.4 Å². The van der Waals surface area contributed by atoms with Gasteiger partial charge in [-0.2, -0.15) is 13.2 Å². The first-order valence-electron chi connectivity index (χ1n) is 10.8. The highest BCUT2D eigenvalue weighted by atomic mass is 32.1. The summed E-state index contributed by atoms with van der Waals surface area (Å²) in [6, 6.07) is 11.9. The average molecular weight is 489 g/mol. The topological polar surface area (TPSA) is 59.5 Å². The lowest BCUT2D eigenvalue weighted by Gasteiger charge is -2.31. The highest BCUT2D eigenvalue weighted by molar-refractivity contribution is 7.13. The maximum atomic E-state index is 12.8. The molecule has 1 saturated heterocycles. The summed E-state index contributed by atoms with van der Waals surface area (Å²) >= 11 is 1.29. The quantitative estimate of drug-likeness (QED) is 0.430. The van der Waals surface area contributed by atoms with Crippen molar-refractivity contribution in [3.8, 4) is 16.3 Å². The molecule has 0 unspecified atom stereocenters. The molecule has 34 heavy (non-hydrogen) atoms. The fourth-order valence-electron chi connectivity index (χ4n) is 3.97. The van der Waals surface area contributed by atoms with Gasteiger partial charge in [0.2, 0.25) is 5.91 Å². The zero-order valence-electron chi connectivity index (χ0n) is 18.5. The van der Waals surface area contributed by atoms with Gasteiger partial charge in [0, 0.05) is 35.5 Å². The number of benzene rings is 2. The molecule has 0 N–H and O–H groups in total. The Hall–Kier alpha value is -3.20. The van der Waals surface area contributed by atoms with E-state index in [4.69, 9.17) is 4.74 Å². The maximum Gasteiger partial charge on any atom is 0.416 e. The molecule has 1 amide bonds. The van der Waals surface area contributed by atoms with Crippen molar-refractivity contribution in [2.75, 3.05) is 20.2 Å². The Bertz CT molecular complexity index is 1150. The first-order chi connectivity index (χ1) is 16.2. The van der Waals surface area contributed by atoms with E-state index in [2.05, 4.69) is 4.98 Å². The van der Waals surface area contributed by atoms with Gasteiger partial charge in [-0.15, -0.1) is 11.3 Å². The van der Waals surface area contributed by atoms with Crippen LogP contribution in [0.5, 0.6) is 5.75 Å². The van der Waals surface area contributed by atoms with Crippen molar-refractivity contribution in [3.05, 3.63) is 70.7 Å².